The molecule has 0 aliphatic heterocycles. The smallest absolute Gasteiger partial charge is 0.336 e. The maximum Gasteiger partial charge on any atom is 0.336 e. The molecule has 5 heteroatoms. The zero-order valence-corrected chi connectivity index (χ0v) is 11.7. The number of rotatable bonds is 8. The van der Waals surface area contributed by atoms with E-state index in [1.807, 2.05) is 30.3 Å². The molecule has 0 aliphatic rings. The number of aromatic carboxylic acids is 1. The van der Waals surface area contributed by atoms with Gasteiger partial charge in [-0.05, 0) is 30.7 Å². The lowest BCUT2D eigenvalue weighted by molar-refractivity contribution is 0.0695. The van der Waals surface area contributed by atoms with Crippen molar-refractivity contribution < 1.29 is 14.6 Å². The molecule has 0 spiro atoms. The minimum absolute atomic E-state index is 0.342. The third-order valence-electron chi connectivity index (χ3n) is 2.95. The van der Waals surface area contributed by atoms with Crippen LogP contribution in [0.25, 0.3) is 0 Å². The van der Waals surface area contributed by atoms with Gasteiger partial charge in [-0.25, -0.2) is 9.78 Å². The van der Waals surface area contributed by atoms with Crippen LogP contribution in [0.1, 0.15) is 22.3 Å². The molecule has 0 amide bonds. The SMILES string of the molecule is O=C(O)c1ccccc1CNCCCOc1ccccn1. The molecule has 0 bridgehead atoms. The maximum absolute atomic E-state index is 11.1. The molecule has 110 valence electrons. The number of carboxylic acid groups (broad SMARTS) is 1. The van der Waals surface area contributed by atoms with Crippen molar-refractivity contribution >= 4 is 5.97 Å². The molecule has 5 nitrogen and oxygen atoms in total. The van der Waals surface area contributed by atoms with Crippen molar-refractivity contribution in [2.45, 2.75) is 13.0 Å². The average molecular weight is 286 g/mol. The van der Waals surface area contributed by atoms with Crippen LogP contribution in [0.4, 0.5) is 0 Å². The lowest BCUT2D eigenvalue weighted by Crippen LogP contribution is -2.18. The Bertz CT molecular complexity index is 573. The van der Waals surface area contributed by atoms with Gasteiger partial charge in [-0.1, -0.05) is 24.3 Å². The third-order valence-corrected chi connectivity index (χ3v) is 2.95. The average Bonchev–Trinajstić information content (AvgIpc) is 2.52. The van der Waals surface area contributed by atoms with Gasteiger partial charge in [0.25, 0.3) is 0 Å². The lowest BCUT2D eigenvalue weighted by Gasteiger charge is -2.08. The molecule has 2 rings (SSSR count). The van der Waals surface area contributed by atoms with Gasteiger partial charge in [0.2, 0.25) is 5.88 Å². The number of benzene rings is 1. The summed E-state index contributed by atoms with van der Waals surface area (Å²) in [6.07, 6.45) is 2.52. The van der Waals surface area contributed by atoms with Crippen LogP contribution < -0.4 is 10.1 Å². The zero-order chi connectivity index (χ0) is 14.9. The molecule has 0 aliphatic carbocycles. The fourth-order valence-electron chi connectivity index (χ4n) is 1.91. The number of nitrogens with zero attached hydrogens (tertiary/aromatic N) is 1. The Morgan fingerprint density at radius 3 is 2.76 bits per heavy atom. The number of pyridine rings is 1. The van der Waals surface area contributed by atoms with Crippen molar-refractivity contribution in [3.8, 4) is 5.88 Å². The summed E-state index contributed by atoms with van der Waals surface area (Å²) < 4.78 is 5.48. The molecule has 0 atom stereocenters. The van der Waals surface area contributed by atoms with E-state index in [9.17, 15) is 4.79 Å². The summed E-state index contributed by atoms with van der Waals surface area (Å²) in [5.74, 6) is -0.278. The molecule has 1 aromatic heterocycles. The predicted octanol–water partition coefficient (Wildman–Crippen LogP) is 2.34. The quantitative estimate of drug-likeness (QED) is 0.729. The summed E-state index contributed by atoms with van der Waals surface area (Å²) in [5.41, 5.74) is 1.13. The van der Waals surface area contributed by atoms with Crippen LogP contribution in [0, 0.1) is 0 Å². The first-order valence-electron chi connectivity index (χ1n) is 6.83. The van der Waals surface area contributed by atoms with Gasteiger partial charge in [0.15, 0.2) is 0 Å². The molecule has 1 aromatic carbocycles. The number of ether oxygens (including phenoxy) is 1. The summed E-state index contributed by atoms with van der Waals surface area (Å²) in [6.45, 7) is 1.86. The molecule has 2 N–H and O–H groups in total. The summed E-state index contributed by atoms with van der Waals surface area (Å²) in [5, 5.41) is 12.3. The second-order valence-corrected chi connectivity index (χ2v) is 4.51. The van der Waals surface area contributed by atoms with Crippen molar-refractivity contribution in [3.05, 3.63) is 59.8 Å². The second-order valence-electron chi connectivity index (χ2n) is 4.51. The van der Waals surface area contributed by atoms with Crippen LogP contribution in [0.15, 0.2) is 48.7 Å². The van der Waals surface area contributed by atoms with Gasteiger partial charge in [0.05, 0.1) is 12.2 Å². The van der Waals surface area contributed by atoms with Gasteiger partial charge < -0.3 is 15.2 Å². The van der Waals surface area contributed by atoms with Crippen molar-refractivity contribution in [3.63, 3.8) is 0 Å². The molecule has 2 aromatic rings. The summed E-state index contributed by atoms with van der Waals surface area (Å²) in [7, 11) is 0. The van der Waals surface area contributed by atoms with E-state index >= 15 is 0 Å². The van der Waals surface area contributed by atoms with Crippen molar-refractivity contribution in [1.29, 1.82) is 0 Å². The first kappa shape index (κ1) is 15.0. The highest BCUT2D eigenvalue weighted by atomic mass is 16.5. The Balaban J connectivity index is 1.67. The highest BCUT2D eigenvalue weighted by Crippen LogP contribution is 2.08. The van der Waals surface area contributed by atoms with Crippen molar-refractivity contribution in [1.82, 2.24) is 10.3 Å². The fraction of sp³-hybridized carbons (Fsp3) is 0.250. The Labute approximate surface area is 123 Å². The molecule has 1 heterocycles. The van der Waals surface area contributed by atoms with E-state index < -0.39 is 5.97 Å². The van der Waals surface area contributed by atoms with Gasteiger partial charge >= 0.3 is 5.97 Å². The van der Waals surface area contributed by atoms with Gasteiger partial charge in [0.1, 0.15) is 0 Å². The molecular weight excluding hydrogens is 268 g/mol. The number of carbonyl (C=O) groups is 1. The van der Waals surface area contributed by atoms with Crippen LogP contribution >= 0.6 is 0 Å². The first-order chi connectivity index (χ1) is 10.3. The number of carboxylic acids is 1. The molecule has 0 radical (unpaired) electrons. The van der Waals surface area contributed by atoms with E-state index in [1.54, 1.807) is 18.3 Å². The van der Waals surface area contributed by atoms with Gasteiger partial charge in [0, 0.05) is 18.8 Å². The Kier molecular flexibility index (Phi) is 5.72. The van der Waals surface area contributed by atoms with Crippen molar-refractivity contribution in [2.24, 2.45) is 0 Å². The van der Waals surface area contributed by atoms with Gasteiger partial charge in [-0.3, -0.25) is 0 Å². The standard InChI is InChI=1S/C16H18N2O3/c19-16(20)14-7-2-1-6-13(14)12-17-9-5-11-21-15-8-3-4-10-18-15/h1-4,6-8,10,17H,5,9,11-12H2,(H,19,20). The van der Waals surface area contributed by atoms with Crippen LogP contribution in [-0.2, 0) is 6.54 Å². The predicted molar refractivity (Wildman–Crippen MR) is 79.5 cm³/mol. The fourth-order valence-corrected chi connectivity index (χ4v) is 1.91. The van der Waals surface area contributed by atoms with E-state index in [4.69, 9.17) is 9.84 Å². The maximum atomic E-state index is 11.1. The monoisotopic (exact) mass is 286 g/mol. The van der Waals surface area contributed by atoms with Gasteiger partial charge in [-0.2, -0.15) is 0 Å². The topological polar surface area (TPSA) is 71.5 Å². The Morgan fingerprint density at radius 1 is 1.19 bits per heavy atom. The molecule has 0 saturated heterocycles. The largest absolute Gasteiger partial charge is 0.478 e. The van der Waals surface area contributed by atoms with Crippen LogP contribution in [0.2, 0.25) is 0 Å². The molecule has 0 fully saturated rings. The Hall–Kier alpha value is -2.40. The van der Waals surface area contributed by atoms with E-state index in [-0.39, 0.29) is 0 Å². The molecule has 0 saturated carbocycles. The highest BCUT2D eigenvalue weighted by Gasteiger charge is 2.07. The third kappa shape index (κ3) is 4.89. The number of hydrogen-bond acceptors (Lipinski definition) is 4. The van der Waals surface area contributed by atoms with Crippen LogP contribution in [0.5, 0.6) is 5.88 Å². The minimum atomic E-state index is -0.897. The van der Waals surface area contributed by atoms with Crippen LogP contribution in [-0.4, -0.2) is 29.2 Å². The summed E-state index contributed by atoms with van der Waals surface area (Å²) >= 11 is 0. The number of hydrogen-bond donors (Lipinski definition) is 2. The van der Waals surface area contributed by atoms with E-state index in [1.165, 1.54) is 0 Å². The molecule has 0 unspecified atom stereocenters. The van der Waals surface area contributed by atoms with E-state index in [2.05, 4.69) is 10.3 Å². The lowest BCUT2D eigenvalue weighted by atomic mass is 10.1. The second kappa shape index (κ2) is 8.01. The van der Waals surface area contributed by atoms with Crippen molar-refractivity contribution in [2.75, 3.05) is 13.2 Å². The van der Waals surface area contributed by atoms with E-state index in [0.29, 0.717) is 24.6 Å². The molecular formula is C16H18N2O3. The Morgan fingerprint density at radius 2 is 2.00 bits per heavy atom. The summed E-state index contributed by atoms with van der Waals surface area (Å²) in [6, 6.07) is 12.5. The van der Waals surface area contributed by atoms with E-state index in [0.717, 1.165) is 18.5 Å². The first-order valence-corrected chi connectivity index (χ1v) is 6.83. The normalized spacial score (nSPS) is 10.3. The van der Waals surface area contributed by atoms with Crippen LogP contribution in [0.3, 0.4) is 0 Å². The van der Waals surface area contributed by atoms with Gasteiger partial charge in [-0.15, -0.1) is 0 Å². The summed E-state index contributed by atoms with van der Waals surface area (Å²) in [4.78, 5) is 15.1. The highest BCUT2D eigenvalue weighted by molar-refractivity contribution is 5.89. The number of aromatic nitrogens is 1. The zero-order valence-electron chi connectivity index (χ0n) is 11.7. The molecule has 21 heavy (non-hydrogen) atoms. The minimum Gasteiger partial charge on any atom is -0.478 e. The number of nitrogens with one attached hydrogen (secondary N) is 1.